The van der Waals surface area contributed by atoms with Crippen LogP contribution in [0.1, 0.15) is 48.0 Å². The van der Waals surface area contributed by atoms with Gasteiger partial charge in [-0.15, -0.1) is 0 Å². The maximum Gasteiger partial charge on any atom is 0.229 e. The molecule has 186 valence electrons. The Morgan fingerprint density at radius 1 is 1.06 bits per heavy atom. The van der Waals surface area contributed by atoms with E-state index in [2.05, 4.69) is 0 Å². The van der Waals surface area contributed by atoms with Crippen LogP contribution in [0.2, 0.25) is 0 Å². The molecule has 2 fully saturated rings. The molecule has 4 rings (SSSR count). The van der Waals surface area contributed by atoms with Crippen molar-refractivity contribution in [3.8, 4) is 17.2 Å². The number of Topliss-reactive ketones (excluding diaryl/α,β-unsaturated/α-hetero) is 1. The van der Waals surface area contributed by atoms with Crippen molar-refractivity contribution in [1.29, 1.82) is 0 Å². The maximum atomic E-state index is 13.3. The van der Waals surface area contributed by atoms with Crippen molar-refractivity contribution in [3.63, 3.8) is 0 Å². The van der Waals surface area contributed by atoms with Gasteiger partial charge in [0.1, 0.15) is 41.7 Å². The van der Waals surface area contributed by atoms with Crippen LogP contribution < -0.4 is 9.47 Å². The molecule has 1 aliphatic carbocycles. The number of hydrogen-bond acceptors (Lipinski definition) is 9. The number of phenols is 1. The monoisotopic (exact) mass is 476 g/mol. The number of carbonyl (C=O) groups is 1. The van der Waals surface area contributed by atoms with Crippen LogP contribution in [0.5, 0.6) is 17.2 Å². The second-order valence-corrected chi connectivity index (χ2v) is 9.16. The number of aryl methyl sites for hydroxylation is 1. The van der Waals surface area contributed by atoms with Crippen molar-refractivity contribution in [2.75, 3.05) is 13.7 Å². The second-order valence-electron chi connectivity index (χ2n) is 9.16. The maximum absolute atomic E-state index is 13.3. The number of hydrogen-bond donors (Lipinski definition) is 5. The third kappa shape index (κ3) is 4.46. The zero-order chi connectivity index (χ0) is 24.6. The zero-order valence-corrected chi connectivity index (χ0v) is 19.3. The summed E-state index contributed by atoms with van der Waals surface area (Å²) in [5.74, 6) is -0.0194. The largest absolute Gasteiger partial charge is 0.506 e. The second kappa shape index (κ2) is 10.1. The highest BCUT2D eigenvalue weighted by molar-refractivity contribution is 6.09. The van der Waals surface area contributed by atoms with Crippen LogP contribution in [-0.2, 0) is 4.74 Å². The molecule has 0 bridgehead atoms. The van der Waals surface area contributed by atoms with Gasteiger partial charge in [0.2, 0.25) is 6.29 Å². The molecule has 1 saturated carbocycles. The number of ketones is 1. The minimum absolute atomic E-state index is 0.0638. The predicted octanol–water partition coefficient (Wildman–Crippen LogP) is 1.80. The number of phenolic OH excluding ortho intramolecular Hbond substituents is 1. The number of fused-ring (bicyclic) bond motifs is 1. The molecule has 2 aromatic carbocycles. The highest BCUT2D eigenvalue weighted by Gasteiger charge is 2.45. The van der Waals surface area contributed by atoms with E-state index in [1.54, 1.807) is 19.1 Å². The van der Waals surface area contributed by atoms with Gasteiger partial charge in [0.05, 0.1) is 24.7 Å². The average molecular weight is 477 g/mol. The van der Waals surface area contributed by atoms with Crippen LogP contribution in [0.15, 0.2) is 18.2 Å². The Morgan fingerprint density at radius 3 is 2.41 bits per heavy atom. The van der Waals surface area contributed by atoms with Gasteiger partial charge in [-0.1, -0.05) is 25.3 Å². The summed E-state index contributed by atoms with van der Waals surface area (Å²) < 4.78 is 16.7. The highest BCUT2D eigenvalue weighted by Crippen LogP contribution is 2.43. The third-order valence-corrected chi connectivity index (χ3v) is 6.90. The minimum atomic E-state index is -1.63. The lowest BCUT2D eigenvalue weighted by molar-refractivity contribution is -0.277. The quantitative estimate of drug-likeness (QED) is 0.394. The Hall–Kier alpha value is -2.43. The first-order chi connectivity index (χ1) is 16.3. The molecule has 9 heteroatoms. The van der Waals surface area contributed by atoms with E-state index in [9.17, 15) is 30.3 Å². The number of carbonyl (C=O) groups excluding carboxylic acids is 1. The Balaban J connectivity index is 1.78. The van der Waals surface area contributed by atoms with E-state index < -0.39 is 37.3 Å². The van der Waals surface area contributed by atoms with Crippen LogP contribution in [0, 0.1) is 12.8 Å². The molecule has 0 amide bonds. The van der Waals surface area contributed by atoms with Gasteiger partial charge in [0.15, 0.2) is 5.78 Å². The fraction of sp³-hybridized carbons (Fsp3) is 0.560. The van der Waals surface area contributed by atoms with Crippen molar-refractivity contribution in [2.24, 2.45) is 5.92 Å². The smallest absolute Gasteiger partial charge is 0.229 e. The number of aromatic hydroxyl groups is 1. The summed E-state index contributed by atoms with van der Waals surface area (Å²) in [4.78, 5) is 13.3. The van der Waals surface area contributed by atoms with E-state index >= 15 is 0 Å². The lowest BCUT2D eigenvalue weighted by Crippen LogP contribution is -2.60. The van der Waals surface area contributed by atoms with Crippen LogP contribution in [0.4, 0.5) is 0 Å². The van der Waals surface area contributed by atoms with Gasteiger partial charge in [0.25, 0.3) is 0 Å². The van der Waals surface area contributed by atoms with Gasteiger partial charge in [-0.05, 0) is 36.8 Å². The van der Waals surface area contributed by atoms with Crippen LogP contribution in [0.25, 0.3) is 10.8 Å². The van der Waals surface area contributed by atoms with Gasteiger partial charge in [-0.2, -0.15) is 0 Å². The molecule has 5 atom stereocenters. The van der Waals surface area contributed by atoms with Crippen LogP contribution in [-0.4, -0.2) is 75.7 Å². The molecule has 5 N–H and O–H groups in total. The number of benzene rings is 2. The van der Waals surface area contributed by atoms with Gasteiger partial charge >= 0.3 is 0 Å². The van der Waals surface area contributed by atoms with Gasteiger partial charge in [-0.3, -0.25) is 4.79 Å². The number of rotatable bonds is 6. The summed E-state index contributed by atoms with van der Waals surface area (Å²) in [6.07, 6.45) is -2.76. The summed E-state index contributed by atoms with van der Waals surface area (Å²) in [5.41, 5.74) is 0.871. The van der Waals surface area contributed by atoms with E-state index in [0.29, 0.717) is 16.7 Å². The first-order valence-corrected chi connectivity index (χ1v) is 11.6. The van der Waals surface area contributed by atoms with Crippen molar-refractivity contribution >= 4 is 16.6 Å². The zero-order valence-electron chi connectivity index (χ0n) is 19.3. The summed E-state index contributed by atoms with van der Waals surface area (Å²) in [7, 11) is 1.46. The Bertz CT molecular complexity index is 1040. The molecular weight excluding hydrogens is 444 g/mol. The lowest BCUT2D eigenvalue weighted by Gasteiger charge is -2.39. The highest BCUT2D eigenvalue weighted by atomic mass is 16.7. The molecule has 0 radical (unpaired) electrons. The summed E-state index contributed by atoms with van der Waals surface area (Å²) >= 11 is 0. The molecule has 1 saturated heterocycles. The standard InChI is InChI=1S/C25H32O9/c1-12-8-14-9-15(32-2)10-16(33-25-24(31)23(30)21(28)17(11-26)34-25)19(14)22(29)18(12)20(27)13-6-4-3-5-7-13/h8-10,13,17,21,23-26,28-31H,3-7,11H2,1-2H3. The number of aliphatic hydroxyl groups is 4. The van der Waals surface area contributed by atoms with Crippen LogP contribution in [0.3, 0.4) is 0 Å². The first kappa shape index (κ1) is 24.7. The third-order valence-electron chi connectivity index (χ3n) is 6.90. The number of methoxy groups -OCH3 is 1. The fourth-order valence-corrected chi connectivity index (χ4v) is 4.98. The Labute approximate surface area is 197 Å². The number of ether oxygens (including phenoxy) is 3. The summed E-state index contributed by atoms with van der Waals surface area (Å²) in [6.45, 7) is 1.17. The van der Waals surface area contributed by atoms with E-state index in [0.717, 1.165) is 32.1 Å². The average Bonchev–Trinajstić information content (AvgIpc) is 2.84. The molecule has 0 spiro atoms. The minimum Gasteiger partial charge on any atom is -0.506 e. The molecule has 0 aromatic heterocycles. The Kier molecular flexibility index (Phi) is 7.30. The molecule has 2 aromatic rings. The van der Waals surface area contributed by atoms with Crippen molar-refractivity contribution in [2.45, 2.75) is 69.7 Å². The summed E-state index contributed by atoms with van der Waals surface area (Å²) in [5, 5.41) is 52.1. The van der Waals surface area contributed by atoms with E-state index in [-0.39, 0.29) is 34.1 Å². The fourth-order valence-electron chi connectivity index (χ4n) is 4.98. The molecular formula is C25H32O9. The normalized spacial score (nSPS) is 28.1. The number of aliphatic hydroxyl groups excluding tert-OH is 4. The van der Waals surface area contributed by atoms with Gasteiger partial charge in [-0.25, -0.2) is 0 Å². The topological polar surface area (TPSA) is 146 Å². The molecule has 2 aliphatic rings. The summed E-state index contributed by atoms with van der Waals surface area (Å²) in [6, 6.07) is 4.94. The molecule has 9 nitrogen and oxygen atoms in total. The van der Waals surface area contributed by atoms with Crippen molar-refractivity contribution < 1.29 is 44.5 Å². The molecule has 1 aliphatic heterocycles. The van der Waals surface area contributed by atoms with Crippen LogP contribution >= 0.6 is 0 Å². The molecule has 5 unspecified atom stereocenters. The van der Waals surface area contributed by atoms with Gasteiger partial charge < -0.3 is 39.7 Å². The van der Waals surface area contributed by atoms with E-state index in [1.165, 1.54) is 13.2 Å². The Morgan fingerprint density at radius 2 is 1.76 bits per heavy atom. The van der Waals surface area contributed by atoms with Gasteiger partial charge in [0, 0.05) is 12.0 Å². The predicted molar refractivity (Wildman–Crippen MR) is 122 cm³/mol. The van der Waals surface area contributed by atoms with Crippen molar-refractivity contribution in [1.82, 2.24) is 0 Å². The van der Waals surface area contributed by atoms with E-state index in [4.69, 9.17) is 14.2 Å². The lowest BCUT2D eigenvalue weighted by atomic mass is 9.82. The van der Waals surface area contributed by atoms with E-state index in [1.807, 2.05) is 0 Å². The molecule has 34 heavy (non-hydrogen) atoms. The first-order valence-electron chi connectivity index (χ1n) is 11.6. The molecule has 1 heterocycles. The SMILES string of the molecule is COc1cc(OC2OC(CO)C(O)C(O)C2O)c2c(O)c(C(=O)C3CCCCC3)c(C)cc2c1. The van der Waals surface area contributed by atoms with Crippen molar-refractivity contribution in [3.05, 3.63) is 29.3 Å².